The molecule has 9 N–H and O–H groups in total. The summed E-state index contributed by atoms with van der Waals surface area (Å²) >= 11 is 0. The lowest BCUT2D eigenvalue weighted by Gasteiger charge is -2.46. The molecule has 2 rings (SSSR count). The maximum atomic E-state index is 13.2. The molecule has 14 nitrogen and oxygen atoms in total. The maximum Gasteiger partial charge on any atom is 0.220 e. The number of allylic oxidation sites excluding steroid dienone is 7. The van der Waals surface area contributed by atoms with Crippen LogP contribution in [0.5, 0.6) is 0 Å². The Morgan fingerprint density at radius 2 is 1.03 bits per heavy atom. The molecule has 2 heterocycles. The van der Waals surface area contributed by atoms with E-state index in [-0.39, 0.29) is 18.9 Å². The van der Waals surface area contributed by atoms with Gasteiger partial charge in [0, 0.05) is 6.42 Å². The first kappa shape index (κ1) is 59.1. The van der Waals surface area contributed by atoms with Gasteiger partial charge in [0.25, 0.3) is 0 Å². The standard InChI is InChI=1S/C51H91NO13/c1-3-5-7-9-11-13-15-17-19-20-21-23-25-27-29-31-33-35-43(56)52-39(40(55)34-32-30-28-26-24-22-18-16-14-12-10-8-6-4-2)38-62-50-48(61)46(59)49(42(37-54)64-50)65-51-47(60)45(58)44(57)41(36-53)63-51/h11,13,17,19,24,26,32,34,39-42,44-51,53-55,57-61H,3-10,12,14-16,18,20-23,25,27-31,33,35-38H2,1-2H3,(H,52,56)/b13-11-,19-17-,26-24+,34-32+. The van der Waals surface area contributed by atoms with E-state index in [0.29, 0.717) is 12.8 Å². The van der Waals surface area contributed by atoms with Crippen LogP contribution in [-0.4, -0.2) is 140 Å². The number of nitrogens with one attached hydrogen (secondary N) is 1. The molecule has 0 aromatic heterocycles. The molecule has 2 saturated heterocycles. The second kappa shape index (κ2) is 37.9. The molecule has 12 unspecified atom stereocenters. The van der Waals surface area contributed by atoms with E-state index < -0.39 is 86.8 Å². The summed E-state index contributed by atoms with van der Waals surface area (Å²) < 4.78 is 22.7. The van der Waals surface area contributed by atoms with Gasteiger partial charge in [0.05, 0.1) is 32.0 Å². The Labute approximate surface area is 391 Å². The van der Waals surface area contributed by atoms with Gasteiger partial charge in [-0.2, -0.15) is 0 Å². The van der Waals surface area contributed by atoms with Gasteiger partial charge in [0.2, 0.25) is 5.91 Å². The first-order valence-electron chi connectivity index (χ1n) is 25.4. The van der Waals surface area contributed by atoms with Crippen molar-refractivity contribution in [2.24, 2.45) is 0 Å². The Kier molecular flexibility index (Phi) is 34.4. The molecule has 65 heavy (non-hydrogen) atoms. The summed E-state index contributed by atoms with van der Waals surface area (Å²) in [6.45, 7) is 2.71. The van der Waals surface area contributed by atoms with Gasteiger partial charge in [-0.3, -0.25) is 4.79 Å². The SMILES string of the molecule is CCCCC/C=C\C/C=C\CCCCCCCCCC(=O)NC(COC1OC(CO)C(OC2OC(CO)C(O)C(O)C2O)C(O)C1O)C(O)/C=C/CC/C=C/CCCCCCCCCC. The third kappa shape index (κ3) is 25.2. The zero-order chi connectivity index (χ0) is 47.5. The predicted octanol–water partition coefficient (Wildman–Crippen LogP) is 6.49. The lowest BCUT2D eigenvalue weighted by molar-refractivity contribution is -0.359. The molecule has 12 atom stereocenters. The molecular weight excluding hydrogens is 835 g/mol. The highest BCUT2D eigenvalue weighted by Crippen LogP contribution is 2.30. The van der Waals surface area contributed by atoms with Crippen molar-refractivity contribution in [3.8, 4) is 0 Å². The van der Waals surface area contributed by atoms with Crippen molar-refractivity contribution in [3.05, 3.63) is 48.6 Å². The van der Waals surface area contributed by atoms with Gasteiger partial charge in [-0.1, -0.05) is 152 Å². The monoisotopic (exact) mass is 926 g/mol. The van der Waals surface area contributed by atoms with Crippen molar-refractivity contribution in [3.63, 3.8) is 0 Å². The van der Waals surface area contributed by atoms with Gasteiger partial charge < -0.3 is 65.1 Å². The number of carbonyl (C=O) groups excluding carboxylic acids is 1. The van der Waals surface area contributed by atoms with E-state index in [0.717, 1.165) is 51.4 Å². The number of hydrogen-bond acceptors (Lipinski definition) is 13. The summed E-state index contributed by atoms with van der Waals surface area (Å²) in [5, 5.41) is 86.7. The van der Waals surface area contributed by atoms with E-state index in [4.69, 9.17) is 18.9 Å². The van der Waals surface area contributed by atoms with Crippen LogP contribution in [0.15, 0.2) is 48.6 Å². The number of aliphatic hydroxyl groups is 8. The summed E-state index contributed by atoms with van der Waals surface area (Å²) in [4.78, 5) is 13.2. The smallest absolute Gasteiger partial charge is 0.220 e. The first-order chi connectivity index (χ1) is 31.6. The van der Waals surface area contributed by atoms with Gasteiger partial charge in [0.15, 0.2) is 12.6 Å². The molecule has 0 radical (unpaired) electrons. The van der Waals surface area contributed by atoms with Crippen molar-refractivity contribution >= 4 is 5.91 Å². The van der Waals surface area contributed by atoms with E-state index in [2.05, 4.69) is 55.6 Å². The zero-order valence-corrected chi connectivity index (χ0v) is 40.0. The van der Waals surface area contributed by atoms with Gasteiger partial charge in [0.1, 0.15) is 48.8 Å². The third-order valence-corrected chi connectivity index (χ3v) is 12.2. The molecule has 0 aliphatic carbocycles. The van der Waals surface area contributed by atoms with Crippen LogP contribution in [0.1, 0.15) is 174 Å². The first-order valence-corrected chi connectivity index (χ1v) is 25.4. The summed E-state index contributed by atoms with van der Waals surface area (Å²) in [6, 6.07) is -0.934. The van der Waals surface area contributed by atoms with Crippen molar-refractivity contribution in [1.82, 2.24) is 5.32 Å². The Morgan fingerprint density at radius 3 is 1.63 bits per heavy atom. The van der Waals surface area contributed by atoms with Crippen molar-refractivity contribution in [2.45, 2.75) is 248 Å². The molecule has 1 amide bonds. The van der Waals surface area contributed by atoms with Crippen LogP contribution in [0.2, 0.25) is 0 Å². The number of aliphatic hydroxyl groups excluding tert-OH is 8. The molecular formula is C51H91NO13. The van der Waals surface area contributed by atoms with Crippen LogP contribution < -0.4 is 5.32 Å². The van der Waals surface area contributed by atoms with Crippen molar-refractivity contribution in [1.29, 1.82) is 0 Å². The highest BCUT2D eigenvalue weighted by molar-refractivity contribution is 5.76. The van der Waals surface area contributed by atoms with Crippen LogP contribution in [-0.2, 0) is 23.7 Å². The lowest BCUT2D eigenvalue weighted by atomic mass is 9.97. The summed E-state index contributed by atoms with van der Waals surface area (Å²) in [7, 11) is 0. The third-order valence-electron chi connectivity index (χ3n) is 12.2. The number of rotatable bonds is 38. The fourth-order valence-electron chi connectivity index (χ4n) is 8.04. The van der Waals surface area contributed by atoms with Crippen molar-refractivity contribution < 1.29 is 64.6 Å². The van der Waals surface area contributed by atoms with Crippen LogP contribution in [0.4, 0.5) is 0 Å². The summed E-state index contributed by atoms with van der Waals surface area (Å²) in [5.41, 5.74) is 0. The fraction of sp³-hybridized carbons (Fsp3) is 0.824. The Bertz CT molecular complexity index is 1280. The molecule has 2 fully saturated rings. The molecule has 14 heteroatoms. The van der Waals surface area contributed by atoms with E-state index in [1.54, 1.807) is 6.08 Å². The van der Waals surface area contributed by atoms with Gasteiger partial charge >= 0.3 is 0 Å². The van der Waals surface area contributed by atoms with Gasteiger partial charge in [-0.15, -0.1) is 0 Å². The highest BCUT2D eigenvalue weighted by atomic mass is 16.7. The number of unbranched alkanes of at least 4 members (excludes halogenated alkanes) is 19. The molecule has 0 spiro atoms. The van der Waals surface area contributed by atoms with Gasteiger partial charge in [-0.05, 0) is 64.2 Å². The minimum Gasteiger partial charge on any atom is -0.394 e. The second-order valence-corrected chi connectivity index (χ2v) is 17.9. The zero-order valence-electron chi connectivity index (χ0n) is 40.0. The number of carbonyl (C=O) groups is 1. The molecule has 378 valence electrons. The predicted molar refractivity (Wildman–Crippen MR) is 254 cm³/mol. The average molecular weight is 926 g/mol. The normalized spacial score (nSPS) is 27.4. The van der Waals surface area contributed by atoms with Crippen LogP contribution in [0, 0.1) is 0 Å². The summed E-state index contributed by atoms with van der Waals surface area (Å²) in [5.74, 6) is -0.260. The van der Waals surface area contributed by atoms with Crippen LogP contribution in [0.3, 0.4) is 0 Å². The Morgan fingerprint density at radius 1 is 0.554 bits per heavy atom. The minimum atomic E-state index is -1.79. The number of ether oxygens (including phenoxy) is 4. The van der Waals surface area contributed by atoms with Crippen molar-refractivity contribution in [2.75, 3.05) is 19.8 Å². The highest BCUT2D eigenvalue weighted by Gasteiger charge is 2.51. The number of amides is 1. The molecule has 0 bridgehead atoms. The lowest BCUT2D eigenvalue weighted by Crippen LogP contribution is -2.65. The second-order valence-electron chi connectivity index (χ2n) is 17.9. The maximum absolute atomic E-state index is 13.2. The van der Waals surface area contributed by atoms with E-state index >= 15 is 0 Å². The Hall–Kier alpha value is -2.05. The summed E-state index contributed by atoms with van der Waals surface area (Å²) in [6.07, 6.45) is 27.2. The Balaban J connectivity index is 1.87. The van der Waals surface area contributed by atoms with Gasteiger partial charge in [-0.25, -0.2) is 0 Å². The largest absolute Gasteiger partial charge is 0.394 e. The van der Waals surface area contributed by atoms with E-state index in [9.17, 15) is 45.6 Å². The molecule has 0 aromatic rings. The van der Waals surface area contributed by atoms with E-state index in [1.807, 2.05) is 6.08 Å². The number of hydrogen-bond donors (Lipinski definition) is 9. The molecule has 2 aliphatic heterocycles. The quantitative estimate of drug-likeness (QED) is 0.0239. The molecule has 0 aromatic carbocycles. The fourth-order valence-corrected chi connectivity index (χ4v) is 8.04. The van der Waals surface area contributed by atoms with E-state index in [1.165, 1.54) is 89.9 Å². The molecule has 2 aliphatic rings. The average Bonchev–Trinajstić information content (AvgIpc) is 3.30. The van der Waals surface area contributed by atoms with Crippen LogP contribution >= 0.6 is 0 Å². The molecule has 0 saturated carbocycles. The topological polar surface area (TPSA) is 228 Å². The minimum absolute atomic E-state index is 0.260. The van der Waals surface area contributed by atoms with Crippen LogP contribution in [0.25, 0.3) is 0 Å².